The summed E-state index contributed by atoms with van der Waals surface area (Å²) in [4.78, 5) is 21.2. The fourth-order valence-corrected chi connectivity index (χ4v) is 1.23. The van der Waals surface area contributed by atoms with E-state index in [1.807, 2.05) is 0 Å². The second-order valence-electron chi connectivity index (χ2n) is 3.79. The molecule has 0 saturated heterocycles. The van der Waals surface area contributed by atoms with Crippen LogP contribution < -0.4 is 15.8 Å². The number of ether oxygens (including phenoxy) is 1. The highest BCUT2D eigenvalue weighted by molar-refractivity contribution is 5.76. The molecule has 0 bridgehead atoms. The van der Waals surface area contributed by atoms with E-state index in [2.05, 4.69) is 5.32 Å². The summed E-state index contributed by atoms with van der Waals surface area (Å²) in [6.45, 7) is 1.78. The van der Waals surface area contributed by atoms with Gasteiger partial charge in [0, 0.05) is 5.69 Å². The van der Waals surface area contributed by atoms with Crippen molar-refractivity contribution in [2.45, 2.75) is 19.4 Å². The predicted octanol–water partition coefficient (Wildman–Crippen LogP) is 0.826. The van der Waals surface area contributed by atoms with E-state index in [0.29, 0.717) is 11.4 Å². The summed E-state index contributed by atoms with van der Waals surface area (Å²) < 4.78 is 5.28. The standard InChI is InChI=1S/C12H16N2O4/c1-8(12(16)17)14-9-2-4-10(5-3-9)18-7-6-11(13)15/h2-5,8,14H,6-7H2,1H3,(H2,13,15)(H,16,17). The fourth-order valence-electron chi connectivity index (χ4n) is 1.23. The molecule has 0 aliphatic carbocycles. The van der Waals surface area contributed by atoms with E-state index in [-0.39, 0.29) is 13.0 Å². The summed E-state index contributed by atoms with van der Waals surface area (Å²) in [5, 5.41) is 11.5. The molecule has 0 saturated carbocycles. The van der Waals surface area contributed by atoms with Gasteiger partial charge in [-0.1, -0.05) is 0 Å². The maximum Gasteiger partial charge on any atom is 0.325 e. The number of nitrogens with one attached hydrogen (secondary N) is 1. The molecule has 98 valence electrons. The highest BCUT2D eigenvalue weighted by Gasteiger charge is 2.09. The van der Waals surface area contributed by atoms with Gasteiger partial charge in [0.05, 0.1) is 13.0 Å². The first-order valence-corrected chi connectivity index (χ1v) is 5.49. The number of carbonyl (C=O) groups excluding carboxylic acids is 1. The molecule has 1 amide bonds. The van der Waals surface area contributed by atoms with Gasteiger partial charge < -0.3 is 20.9 Å². The van der Waals surface area contributed by atoms with Crippen molar-refractivity contribution in [3.05, 3.63) is 24.3 Å². The van der Waals surface area contributed by atoms with Crippen LogP contribution in [0, 0.1) is 0 Å². The van der Waals surface area contributed by atoms with Crippen molar-refractivity contribution < 1.29 is 19.4 Å². The first-order valence-electron chi connectivity index (χ1n) is 5.49. The summed E-state index contributed by atoms with van der Waals surface area (Å²) in [7, 11) is 0. The van der Waals surface area contributed by atoms with Gasteiger partial charge in [0.25, 0.3) is 0 Å². The van der Waals surface area contributed by atoms with Crippen molar-refractivity contribution in [3.8, 4) is 5.75 Å². The monoisotopic (exact) mass is 252 g/mol. The highest BCUT2D eigenvalue weighted by atomic mass is 16.5. The van der Waals surface area contributed by atoms with Gasteiger partial charge in [0.1, 0.15) is 11.8 Å². The van der Waals surface area contributed by atoms with Gasteiger partial charge in [-0.15, -0.1) is 0 Å². The molecule has 0 heterocycles. The van der Waals surface area contributed by atoms with Gasteiger partial charge >= 0.3 is 5.97 Å². The number of carboxylic acids is 1. The number of benzene rings is 1. The molecule has 6 heteroatoms. The van der Waals surface area contributed by atoms with Crippen molar-refractivity contribution in [1.29, 1.82) is 0 Å². The molecule has 1 atom stereocenters. The lowest BCUT2D eigenvalue weighted by Gasteiger charge is -2.11. The first-order chi connectivity index (χ1) is 8.49. The molecule has 0 spiro atoms. The van der Waals surface area contributed by atoms with E-state index >= 15 is 0 Å². The number of nitrogens with two attached hydrogens (primary N) is 1. The van der Waals surface area contributed by atoms with Crippen molar-refractivity contribution in [3.63, 3.8) is 0 Å². The molecular formula is C12H16N2O4. The van der Waals surface area contributed by atoms with Gasteiger partial charge in [0.2, 0.25) is 5.91 Å². The molecule has 0 aromatic heterocycles. The third-order valence-electron chi connectivity index (χ3n) is 2.23. The van der Waals surface area contributed by atoms with Gasteiger partial charge in [-0.2, -0.15) is 0 Å². The first kappa shape index (κ1) is 13.8. The molecule has 0 aliphatic rings. The zero-order valence-electron chi connectivity index (χ0n) is 10.1. The molecule has 1 rings (SSSR count). The van der Waals surface area contributed by atoms with Crippen LogP contribution in [0.25, 0.3) is 0 Å². The molecule has 1 aromatic carbocycles. The molecule has 6 nitrogen and oxygen atoms in total. The van der Waals surface area contributed by atoms with E-state index < -0.39 is 17.9 Å². The summed E-state index contributed by atoms with van der Waals surface area (Å²) in [5.74, 6) is -0.731. The van der Waals surface area contributed by atoms with E-state index in [4.69, 9.17) is 15.6 Å². The molecule has 0 fully saturated rings. The van der Waals surface area contributed by atoms with Crippen LogP contribution in [0.5, 0.6) is 5.75 Å². The maximum atomic E-state index is 10.6. The minimum absolute atomic E-state index is 0.163. The molecule has 18 heavy (non-hydrogen) atoms. The van der Waals surface area contributed by atoms with E-state index in [1.54, 1.807) is 31.2 Å². The summed E-state index contributed by atoms with van der Waals surface area (Å²) in [5.41, 5.74) is 5.67. The Kier molecular flexibility index (Phi) is 4.98. The van der Waals surface area contributed by atoms with Crippen LogP contribution in [-0.4, -0.2) is 29.6 Å². The van der Waals surface area contributed by atoms with E-state index in [9.17, 15) is 9.59 Å². The Morgan fingerprint density at radius 3 is 2.50 bits per heavy atom. The molecule has 0 aliphatic heterocycles. The van der Waals surface area contributed by atoms with Crippen LogP contribution >= 0.6 is 0 Å². The van der Waals surface area contributed by atoms with Crippen molar-refractivity contribution in [2.75, 3.05) is 11.9 Å². The lowest BCUT2D eigenvalue weighted by atomic mass is 10.2. The number of primary amides is 1. The van der Waals surface area contributed by atoms with Crippen LogP contribution in [0.3, 0.4) is 0 Å². The Balaban J connectivity index is 2.47. The summed E-state index contributed by atoms with van der Waals surface area (Å²) in [6, 6.07) is 6.14. The molecule has 1 unspecified atom stereocenters. The molecule has 4 N–H and O–H groups in total. The lowest BCUT2D eigenvalue weighted by Crippen LogP contribution is -2.25. The largest absolute Gasteiger partial charge is 0.493 e. The number of hydrogen-bond acceptors (Lipinski definition) is 4. The zero-order valence-corrected chi connectivity index (χ0v) is 10.1. The van der Waals surface area contributed by atoms with Crippen LogP contribution in [0.1, 0.15) is 13.3 Å². The average Bonchev–Trinajstić information content (AvgIpc) is 2.30. The minimum atomic E-state index is -0.920. The SMILES string of the molecule is CC(Nc1ccc(OCCC(N)=O)cc1)C(=O)O. The van der Waals surface area contributed by atoms with Gasteiger partial charge in [0.15, 0.2) is 0 Å². The fraction of sp³-hybridized carbons (Fsp3) is 0.333. The number of rotatable bonds is 7. The van der Waals surface area contributed by atoms with Crippen LogP contribution in [0.4, 0.5) is 5.69 Å². The lowest BCUT2D eigenvalue weighted by molar-refractivity contribution is -0.137. The maximum absolute atomic E-state index is 10.6. The minimum Gasteiger partial charge on any atom is -0.493 e. The molecular weight excluding hydrogens is 236 g/mol. The third kappa shape index (κ3) is 4.73. The van der Waals surface area contributed by atoms with Crippen molar-refractivity contribution in [1.82, 2.24) is 0 Å². The van der Waals surface area contributed by atoms with Gasteiger partial charge in [-0.05, 0) is 31.2 Å². The van der Waals surface area contributed by atoms with E-state index in [0.717, 1.165) is 0 Å². The number of aliphatic carboxylic acids is 1. The van der Waals surface area contributed by atoms with Crippen molar-refractivity contribution in [2.24, 2.45) is 5.73 Å². The second-order valence-corrected chi connectivity index (χ2v) is 3.79. The molecule has 0 radical (unpaired) electrons. The Bertz CT molecular complexity index is 417. The Hall–Kier alpha value is -2.24. The van der Waals surface area contributed by atoms with Gasteiger partial charge in [-0.3, -0.25) is 9.59 Å². The van der Waals surface area contributed by atoms with Crippen LogP contribution in [0.15, 0.2) is 24.3 Å². The molecule has 1 aromatic rings. The van der Waals surface area contributed by atoms with Gasteiger partial charge in [-0.25, -0.2) is 0 Å². The Labute approximate surface area is 105 Å². The summed E-state index contributed by atoms with van der Waals surface area (Å²) >= 11 is 0. The predicted molar refractivity (Wildman–Crippen MR) is 66.5 cm³/mol. The number of carboxylic acid groups (broad SMARTS) is 1. The van der Waals surface area contributed by atoms with E-state index in [1.165, 1.54) is 0 Å². The Morgan fingerprint density at radius 2 is 2.00 bits per heavy atom. The highest BCUT2D eigenvalue weighted by Crippen LogP contribution is 2.16. The number of anilines is 1. The third-order valence-corrected chi connectivity index (χ3v) is 2.23. The number of hydrogen-bond donors (Lipinski definition) is 3. The average molecular weight is 252 g/mol. The topological polar surface area (TPSA) is 102 Å². The smallest absolute Gasteiger partial charge is 0.325 e. The second kappa shape index (κ2) is 6.48. The van der Waals surface area contributed by atoms with Crippen molar-refractivity contribution >= 4 is 17.6 Å². The van der Waals surface area contributed by atoms with Crippen LogP contribution in [-0.2, 0) is 9.59 Å². The normalized spacial score (nSPS) is 11.6. The summed E-state index contributed by atoms with van der Waals surface area (Å²) in [6.07, 6.45) is 0.163. The Morgan fingerprint density at radius 1 is 1.39 bits per heavy atom. The quantitative estimate of drug-likeness (QED) is 0.667. The number of carbonyl (C=O) groups is 2. The van der Waals surface area contributed by atoms with Crippen LogP contribution in [0.2, 0.25) is 0 Å². The number of amides is 1. The zero-order chi connectivity index (χ0) is 13.5.